The van der Waals surface area contributed by atoms with Gasteiger partial charge in [-0.3, -0.25) is 14.9 Å². The molecule has 0 aliphatic carbocycles. The fourth-order valence-electron chi connectivity index (χ4n) is 1.04. The van der Waals surface area contributed by atoms with E-state index in [0.29, 0.717) is 0 Å². The van der Waals surface area contributed by atoms with E-state index in [2.05, 4.69) is 0 Å². The molecule has 0 aliphatic rings. The van der Waals surface area contributed by atoms with Crippen molar-refractivity contribution in [2.24, 2.45) is 0 Å². The number of carboxylic acid groups (broad SMARTS) is 1. The lowest BCUT2D eigenvalue weighted by Gasteiger charge is -2.03. The molecule has 0 radical (unpaired) electrons. The number of nitrogens with zero attached hydrogens (tertiary/aromatic N) is 1. The summed E-state index contributed by atoms with van der Waals surface area (Å²) in [4.78, 5) is 20.4. The molecule has 1 aromatic rings. The van der Waals surface area contributed by atoms with E-state index >= 15 is 0 Å². The summed E-state index contributed by atoms with van der Waals surface area (Å²) in [6.07, 6.45) is 0. The van der Waals surface area contributed by atoms with Gasteiger partial charge in [0.1, 0.15) is 5.82 Å². The van der Waals surface area contributed by atoms with Gasteiger partial charge in [0.2, 0.25) is 0 Å². The summed E-state index contributed by atoms with van der Waals surface area (Å²) in [7, 11) is 0. The molecular weight excluding hydrogens is 237 g/mol. The number of hydrogen-bond acceptors (Lipinski definition) is 4. The fraction of sp³-hybridized carbons (Fsp3) is 0.222. The van der Waals surface area contributed by atoms with Gasteiger partial charge >= 0.3 is 5.97 Å². The molecule has 86 valence electrons. The average molecular weight is 245 g/mol. The van der Waals surface area contributed by atoms with Crippen LogP contribution in [0.5, 0.6) is 0 Å². The standard InChI is InChI=1S/C9H8FNO4S/c1-5-2-8(16-4-9(12)13)7(11(14)15)3-6(5)10/h2-3H,4H2,1H3,(H,12,13). The van der Waals surface area contributed by atoms with Crippen LogP contribution in [0.1, 0.15) is 5.56 Å². The molecule has 1 N–H and O–H groups in total. The van der Waals surface area contributed by atoms with Crippen molar-refractivity contribution in [1.29, 1.82) is 0 Å². The number of benzene rings is 1. The van der Waals surface area contributed by atoms with Gasteiger partial charge in [0, 0.05) is 0 Å². The largest absolute Gasteiger partial charge is 0.481 e. The molecule has 5 nitrogen and oxygen atoms in total. The Labute approximate surface area is 94.4 Å². The van der Waals surface area contributed by atoms with Gasteiger partial charge < -0.3 is 5.11 Å². The maximum Gasteiger partial charge on any atom is 0.313 e. The Kier molecular flexibility index (Phi) is 3.83. The summed E-state index contributed by atoms with van der Waals surface area (Å²) in [5.74, 6) is -2.06. The second kappa shape index (κ2) is 4.93. The van der Waals surface area contributed by atoms with E-state index in [1.54, 1.807) is 0 Å². The lowest BCUT2D eigenvalue weighted by atomic mass is 10.2. The summed E-state index contributed by atoms with van der Waals surface area (Å²) in [5, 5.41) is 19.1. The number of aryl methyl sites for hydroxylation is 1. The van der Waals surface area contributed by atoms with Crippen LogP contribution < -0.4 is 0 Å². The van der Waals surface area contributed by atoms with Crippen molar-refractivity contribution in [2.45, 2.75) is 11.8 Å². The Morgan fingerprint density at radius 1 is 1.62 bits per heavy atom. The van der Waals surface area contributed by atoms with E-state index < -0.39 is 22.4 Å². The van der Waals surface area contributed by atoms with E-state index in [1.807, 2.05) is 0 Å². The normalized spacial score (nSPS) is 10.1. The van der Waals surface area contributed by atoms with Crippen LogP contribution in [-0.2, 0) is 4.79 Å². The van der Waals surface area contributed by atoms with E-state index in [9.17, 15) is 19.3 Å². The molecule has 0 saturated carbocycles. The predicted molar refractivity (Wildman–Crippen MR) is 56.2 cm³/mol. The number of nitro benzene ring substituents is 1. The molecule has 0 aliphatic heterocycles. The van der Waals surface area contributed by atoms with Crippen molar-refractivity contribution in [3.05, 3.63) is 33.6 Å². The molecule has 16 heavy (non-hydrogen) atoms. The van der Waals surface area contributed by atoms with Crippen LogP contribution in [0.4, 0.5) is 10.1 Å². The highest BCUT2D eigenvalue weighted by molar-refractivity contribution is 8.00. The average Bonchev–Trinajstić information content (AvgIpc) is 2.18. The number of aliphatic carboxylic acids is 1. The predicted octanol–water partition coefficient (Wildman–Crippen LogP) is 2.22. The van der Waals surface area contributed by atoms with Crippen molar-refractivity contribution in [2.75, 3.05) is 5.75 Å². The SMILES string of the molecule is Cc1cc(SCC(=O)O)c([N+](=O)[O-])cc1F. The molecule has 1 aromatic carbocycles. The summed E-state index contributed by atoms with van der Waals surface area (Å²) in [6, 6.07) is 2.08. The monoisotopic (exact) mass is 245 g/mol. The van der Waals surface area contributed by atoms with Crippen LogP contribution in [0.25, 0.3) is 0 Å². The van der Waals surface area contributed by atoms with Gasteiger partial charge in [-0.25, -0.2) is 4.39 Å². The Balaban J connectivity index is 3.09. The quantitative estimate of drug-likeness (QED) is 0.499. The second-order valence-corrected chi connectivity index (χ2v) is 4.03. The molecule has 0 aromatic heterocycles. The summed E-state index contributed by atoms with van der Waals surface area (Å²) < 4.78 is 13.1. The van der Waals surface area contributed by atoms with Gasteiger partial charge in [-0.05, 0) is 18.6 Å². The molecule has 0 spiro atoms. The fourth-order valence-corrected chi connectivity index (χ4v) is 1.86. The highest BCUT2D eigenvalue weighted by Crippen LogP contribution is 2.31. The minimum absolute atomic E-state index is 0.159. The van der Waals surface area contributed by atoms with Crippen LogP contribution >= 0.6 is 11.8 Å². The molecule has 0 heterocycles. The zero-order valence-electron chi connectivity index (χ0n) is 8.27. The second-order valence-electron chi connectivity index (χ2n) is 3.01. The van der Waals surface area contributed by atoms with E-state index in [0.717, 1.165) is 17.8 Å². The van der Waals surface area contributed by atoms with Crippen LogP contribution in [0.3, 0.4) is 0 Å². The smallest absolute Gasteiger partial charge is 0.313 e. The topological polar surface area (TPSA) is 80.4 Å². The van der Waals surface area contributed by atoms with E-state index in [1.165, 1.54) is 13.0 Å². The van der Waals surface area contributed by atoms with Gasteiger partial charge in [-0.1, -0.05) is 0 Å². The van der Waals surface area contributed by atoms with Gasteiger partial charge in [0.25, 0.3) is 5.69 Å². The third kappa shape index (κ3) is 2.93. The van der Waals surface area contributed by atoms with Crippen LogP contribution in [0.15, 0.2) is 17.0 Å². The van der Waals surface area contributed by atoms with Crippen molar-refractivity contribution in [3.63, 3.8) is 0 Å². The van der Waals surface area contributed by atoms with Gasteiger partial charge in [-0.15, -0.1) is 11.8 Å². The Morgan fingerprint density at radius 2 is 2.25 bits per heavy atom. The number of nitro groups is 1. The Hall–Kier alpha value is -1.63. The first-order valence-electron chi connectivity index (χ1n) is 4.21. The Bertz CT molecular complexity index is 449. The first kappa shape index (κ1) is 12.4. The zero-order chi connectivity index (χ0) is 12.3. The maximum atomic E-state index is 13.1. The van der Waals surface area contributed by atoms with E-state index in [-0.39, 0.29) is 16.2 Å². The third-order valence-electron chi connectivity index (χ3n) is 1.79. The van der Waals surface area contributed by atoms with E-state index in [4.69, 9.17) is 5.11 Å². The van der Waals surface area contributed by atoms with Gasteiger partial charge in [-0.2, -0.15) is 0 Å². The molecule has 0 atom stereocenters. The molecule has 0 amide bonds. The lowest BCUT2D eigenvalue weighted by Crippen LogP contribution is -2.00. The maximum absolute atomic E-state index is 13.1. The van der Waals surface area contributed by atoms with Crippen molar-refractivity contribution < 1.29 is 19.2 Å². The van der Waals surface area contributed by atoms with Crippen LogP contribution in [0, 0.1) is 22.9 Å². The zero-order valence-corrected chi connectivity index (χ0v) is 9.08. The molecule has 0 saturated heterocycles. The molecule has 0 bridgehead atoms. The first-order chi connectivity index (χ1) is 7.41. The summed E-state index contributed by atoms with van der Waals surface area (Å²) >= 11 is 0.798. The summed E-state index contributed by atoms with van der Waals surface area (Å²) in [6.45, 7) is 1.46. The van der Waals surface area contributed by atoms with Crippen molar-refractivity contribution in [1.82, 2.24) is 0 Å². The molecular formula is C9H8FNO4S. The number of rotatable bonds is 4. The molecule has 0 fully saturated rings. The van der Waals surface area contributed by atoms with Gasteiger partial charge in [0.05, 0.1) is 21.6 Å². The number of carboxylic acids is 1. The first-order valence-corrected chi connectivity index (χ1v) is 5.19. The third-order valence-corrected chi connectivity index (χ3v) is 2.82. The highest BCUT2D eigenvalue weighted by atomic mass is 32.2. The van der Waals surface area contributed by atoms with Crippen LogP contribution in [-0.4, -0.2) is 21.8 Å². The number of hydrogen-bond donors (Lipinski definition) is 1. The lowest BCUT2D eigenvalue weighted by molar-refractivity contribution is -0.387. The summed E-state index contributed by atoms with van der Waals surface area (Å²) in [5.41, 5.74) is -0.159. The van der Waals surface area contributed by atoms with Gasteiger partial charge in [0.15, 0.2) is 0 Å². The molecule has 0 unspecified atom stereocenters. The highest BCUT2D eigenvalue weighted by Gasteiger charge is 2.18. The molecule has 1 rings (SSSR count). The number of thioether (sulfide) groups is 1. The number of carbonyl (C=O) groups is 1. The minimum Gasteiger partial charge on any atom is -0.481 e. The van der Waals surface area contributed by atoms with Crippen molar-refractivity contribution >= 4 is 23.4 Å². The minimum atomic E-state index is -1.08. The van der Waals surface area contributed by atoms with Crippen LogP contribution in [0.2, 0.25) is 0 Å². The number of halogens is 1. The molecule has 7 heteroatoms. The Morgan fingerprint density at radius 3 is 2.75 bits per heavy atom. The van der Waals surface area contributed by atoms with Crippen molar-refractivity contribution in [3.8, 4) is 0 Å².